The highest BCUT2D eigenvalue weighted by Gasteiger charge is 2.25. The highest BCUT2D eigenvalue weighted by Crippen LogP contribution is 2.29. The van der Waals surface area contributed by atoms with Gasteiger partial charge in [-0.2, -0.15) is 8.42 Å². The Morgan fingerprint density at radius 1 is 1.11 bits per heavy atom. The van der Waals surface area contributed by atoms with Crippen molar-refractivity contribution in [3.05, 3.63) is 51.3 Å². The second kappa shape index (κ2) is 11.6. The smallest absolute Gasteiger partial charge is 0.407 e. The van der Waals surface area contributed by atoms with Crippen molar-refractivity contribution in [1.29, 1.82) is 0 Å². The number of ether oxygens (including phenoxy) is 1. The molecule has 0 aliphatic rings. The lowest BCUT2D eigenvalue weighted by molar-refractivity contribution is -0.123. The molecule has 3 rings (SSSR count). The number of anilines is 1. The average molecular weight is 540 g/mol. The lowest BCUT2D eigenvalue weighted by Gasteiger charge is -2.22. The third kappa shape index (κ3) is 7.71. The molecule has 0 saturated heterocycles. The van der Waals surface area contributed by atoms with Crippen LogP contribution in [0.25, 0.3) is 10.7 Å². The second-order valence-electron chi connectivity index (χ2n) is 7.47. The summed E-state index contributed by atoms with van der Waals surface area (Å²) < 4.78 is 37.6. The molecule has 0 spiro atoms. The van der Waals surface area contributed by atoms with Crippen LogP contribution in [-0.4, -0.2) is 48.1 Å². The number of nitrogens with zero attached hydrogens (tertiary/aromatic N) is 2. The second-order valence-corrected chi connectivity index (χ2v) is 10.5. The molecule has 0 aliphatic carbocycles. The van der Waals surface area contributed by atoms with Crippen LogP contribution in [0.4, 0.5) is 10.5 Å². The highest BCUT2D eigenvalue weighted by atomic mass is 32.2. The van der Waals surface area contributed by atoms with Crippen LogP contribution in [0.1, 0.15) is 35.7 Å². The van der Waals surface area contributed by atoms with E-state index in [0.29, 0.717) is 18.5 Å². The van der Waals surface area contributed by atoms with E-state index in [4.69, 9.17) is 4.55 Å². The molecular formula is C21H25N5O6S3. The summed E-state index contributed by atoms with van der Waals surface area (Å²) in [5.74, 6) is -0.397. The Hall–Kier alpha value is -3.07. The third-order valence-corrected chi connectivity index (χ3v) is 7.03. The van der Waals surface area contributed by atoms with E-state index in [1.807, 2.05) is 22.4 Å². The summed E-state index contributed by atoms with van der Waals surface area (Å²) >= 11 is 2.92. The van der Waals surface area contributed by atoms with Gasteiger partial charge in [0.1, 0.15) is 16.7 Å². The number of thiazole rings is 2. The van der Waals surface area contributed by atoms with E-state index in [1.165, 1.54) is 41.9 Å². The van der Waals surface area contributed by atoms with E-state index in [1.54, 1.807) is 19.1 Å². The first-order chi connectivity index (χ1) is 16.6. The Labute approximate surface area is 210 Å². The van der Waals surface area contributed by atoms with Crippen molar-refractivity contribution in [1.82, 2.24) is 20.6 Å². The molecule has 0 radical (unpaired) electrons. The van der Waals surface area contributed by atoms with Gasteiger partial charge in [0.05, 0.1) is 29.5 Å². The fourth-order valence-electron chi connectivity index (χ4n) is 3.18. The minimum atomic E-state index is -4.38. The summed E-state index contributed by atoms with van der Waals surface area (Å²) in [6.45, 7) is 3.67. The zero-order valence-electron chi connectivity index (χ0n) is 19.1. The number of carbonyl (C=O) groups excluding carboxylic acids is 2. The van der Waals surface area contributed by atoms with Gasteiger partial charge in [0.2, 0.25) is 5.91 Å². The summed E-state index contributed by atoms with van der Waals surface area (Å²) in [6, 6.07) is 5.01. The van der Waals surface area contributed by atoms with Gasteiger partial charge < -0.3 is 15.4 Å². The fraction of sp³-hybridized carbons (Fsp3) is 0.333. The Morgan fingerprint density at radius 3 is 2.40 bits per heavy atom. The number of methoxy groups -OCH3 is 1. The Bertz CT molecular complexity index is 1270. The molecule has 35 heavy (non-hydrogen) atoms. The molecule has 1 aromatic carbocycles. The van der Waals surface area contributed by atoms with E-state index in [0.717, 1.165) is 21.3 Å². The summed E-state index contributed by atoms with van der Waals surface area (Å²) in [5, 5.41) is 10.9. The Balaban J connectivity index is 1.84. The van der Waals surface area contributed by atoms with Crippen molar-refractivity contribution >= 4 is 50.7 Å². The van der Waals surface area contributed by atoms with Gasteiger partial charge in [-0.25, -0.2) is 14.8 Å². The molecule has 4 N–H and O–H groups in total. The number of carbonyl (C=O) groups is 2. The van der Waals surface area contributed by atoms with Gasteiger partial charge in [-0.15, -0.1) is 22.7 Å². The molecule has 2 amide bonds. The Kier molecular flexibility index (Phi) is 8.77. The standard InChI is InChI=1S/C21H25N5O6S3/c1-4-15(25-21(28)32-3)19(27)23-16(9-13-5-7-14(8-6-13)26-35(29,30)31)17-10-34-20(24-17)18-11-33-12(2)22-18/h5-8,10-11,15-16,26H,4,9H2,1-3H3,(H,23,27)(H,25,28)(H,29,30,31)/t15-,16-/m0/s1. The molecule has 14 heteroatoms. The summed E-state index contributed by atoms with van der Waals surface area (Å²) in [7, 11) is -3.16. The summed E-state index contributed by atoms with van der Waals surface area (Å²) in [6.07, 6.45) is -0.0177. The SMILES string of the molecule is CC[C@H](NC(=O)OC)C(=O)N[C@@H](Cc1ccc(NS(=O)(=O)O)cc1)c1csc(-c2csc(C)n2)n1. The number of amides is 2. The fourth-order valence-corrected chi connectivity index (χ4v) is 5.11. The predicted molar refractivity (Wildman–Crippen MR) is 134 cm³/mol. The van der Waals surface area contributed by atoms with Crippen LogP contribution in [0.2, 0.25) is 0 Å². The van der Waals surface area contributed by atoms with E-state index < -0.39 is 34.4 Å². The lowest BCUT2D eigenvalue weighted by Crippen LogP contribution is -2.47. The van der Waals surface area contributed by atoms with Crippen LogP contribution in [0.15, 0.2) is 35.0 Å². The monoisotopic (exact) mass is 539 g/mol. The predicted octanol–water partition coefficient (Wildman–Crippen LogP) is 3.32. The van der Waals surface area contributed by atoms with Crippen molar-refractivity contribution < 1.29 is 27.3 Å². The van der Waals surface area contributed by atoms with Crippen molar-refractivity contribution in [2.75, 3.05) is 11.8 Å². The van der Waals surface area contributed by atoms with Crippen molar-refractivity contribution in [3.8, 4) is 10.7 Å². The number of benzene rings is 1. The average Bonchev–Trinajstić information content (AvgIpc) is 3.46. The molecule has 2 heterocycles. The number of nitrogens with one attached hydrogen (secondary N) is 3. The van der Waals surface area contributed by atoms with Crippen LogP contribution in [0.3, 0.4) is 0 Å². The molecule has 3 aromatic rings. The molecule has 0 aliphatic heterocycles. The maximum absolute atomic E-state index is 13.0. The van der Waals surface area contributed by atoms with Gasteiger partial charge in [-0.3, -0.25) is 14.1 Å². The van der Waals surface area contributed by atoms with E-state index in [-0.39, 0.29) is 5.69 Å². The number of hydrogen-bond donors (Lipinski definition) is 4. The molecule has 2 aromatic heterocycles. The first kappa shape index (κ1) is 26.5. The van der Waals surface area contributed by atoms with Crippen LogP contribution in [0.5, 0.6) is 0 Å². The maximum atomic E-state index is 13.0. The normalized spacial score (nSPS) is 13.0. The van der Waals surface area contributed by atoms with Gasteiger partial charge >= 0.3 is 16.4 Å². The largest absolute Gasteiger partial charge is 0.453 e. The van der Waals surface area contributed by atoms with Crippen molar-refractivity contribution in [2.45, 2.75) is 38.8 Å². The molecular weight excluding hydrogens is 514 g/mol. The molecule has 0 saturated carbocycles. The minimum absolute atomic E-state index is 0.194. The van der Waals surface area contributed by atoms with E-state index >= 15 is 0 Å². The highest BCUT2D eigenvalue weighted by molar-refractivity contribution is 7.87. The first-order valence-corrected chi connectivity index (χ1v) is 13.6. The van der Waals surface area contributed by atoms with Crippen LogP contribution in [-0.2, 0) is 26.3 Å². The van der Waals surface area contributed by atoms with Gasteiger partial charge in [0.25, 0.3) is 0 Å². The maximum Gasteiger partial charge on any atom is 0.407 e. The minimum Gasteiger partial charge on any atom is -0.453 e. The molecule has 188 valence electrons. The zero-order chi connectivity index (χ0) is 25.6. The van der Waals surface area contributed by atoms with E-state index in [2.05, 4.69) is 25.3 Å². The Morgan fingerprint density at radius 2 is 1.83 bits per heavy atom. The number of aryl methyl sites for hydroxylation is 1. The number of aromatic nitrogens is 2. The molecule has 0 bridgehead atoms. The van der Waals surface area contributed by atoms with E-state index in [9.17, 15) is 18.0 Å². The summed E-state index contributed by atoms with van der Waals surface area (Å²) in [4.78, 5) is 33.7. The van der Waals surface area contributed by atoms with Crippen LogP contribution < -0.4 is 15.4 Å². The molecule has 0 fully saturated rings. The first-order valence-electron chi connectivity index (χ1n) is 10.4. The number of alkyl carbamates (subject to hydrolysis) is 1. The number of hydrogen-bond acceptors (Lipinski definition) is 9. The lowest BCUT2D eigenvalue weighted by atomic mass is 10.0. The topological polar surface area (TPSA) is 160 Å². The van der Waals surface area contributed by atoms with Crippen molar-refractivity contribution in [3.63, 3.8) is 0 Å². The van der Waals surface area contributed by atoms with Gasteiger partial charge in [-0.1, -0.05) is 19.1 Å². The zero-order valence-corrected chi connectivity index (χ0v) is 21.6. The molecule has 0 unspecified atom stereocenters. The van der Waals surface area contributed by atoms with Crippen LogP contribution >= 0.6 is 22.7 Å². The van der Waals surface area contributed by atoms with Gasteiger partial charge in [-0.05, 0) is 37.5 Å². The van der Waals surface area contributed by atoms with Crippen LogP contribution in [0, 0.1) is 6.92 Å². The van der Waals surface area contributed by atoms with Gasteiger partial charge in [0.15, 0.2) is 0 Å². The number of rotatable bonds is 10. The molecule has 2 atom stereocenters. The van der Waals surface area contributed by atoms with Crippen molar-refractivity contribution in [2.24, 2.45) is 0 Å². The van der Waals surface area contributed by atoms with Gasteiger partial charge in [0, 0.05) is 10.8 Å². The quantitative estimate of drug-likeness (QED) is 0.286. The third-order valence-electron chi connectivity index (χ3n) is 4.88. The summed E-state index contributed by atoms with van der Waals surface area (Å²) in [5.41, 5.74) is 2.36. The molecule has 11 nitrogen and oxygen atoms in total.